The van der Waals surface area contributed by atoms with E-state index < -0.39 is 11.7 Å². The molecule has 3 aromatic heterocycles. The lowest BCUT2D eigenvalue weighted by molar-refractivity contribution is -0.137. The van der Waals surface area contributed by atoms with Crippen molar-refractivity contribution in [3.05, 3.63) is 83.6 Å². The molecule has 5 nitrogen and oxygen atoms in total. The fraction of sp³-hybridized carbons (Fsp3) is 0.217. The maximum absolute atomic E-state index is 13.3. The number of hydrogen-bond acceptors (Lipinski definition) is 5. The standard InChI is InChI=1S/C23H18F3N3O2/c24-23(25,26)18-5-2-1-4-17(18)20-8-7-16(31-20)14-29-10-9-19-15(13-29)12-27-22(28-19)21-6-3-11-30-21/h1-8,11-12H,9-10,13-14H2. The van der Waals surface area contributed by atoms with E-state index in [0.29, 0.717) is 30.4 Å². The third-order valence-corrected chi connectivity index (χ3v) is 5.29. The minimum Gasteiger partial charge on any atom is -0.461 e. The summed E-state index contributed by atoms with van der Waals surface area (Å²) in [5.41, 5.74) is 1.35. The van der Waals surface area contributed by atoms with Crippen LogP contribution in [0.25, 0.3) is 22.9 Å². The Morgan fingerprint density at radius 3 is 2.68 bits per heavy atom. The third kappa shape index (κ3) is 3.98. The molecule has 4 heterocycles. The molecule has 1 aliphatic rings. The minimum atomic E-state index is -4.44. The van der Waals surface area contributed by atoms with E-state index in [4.69, 9.17) is 8.83 Å². The van der Waals surface area contributed by atoms with Gasteiger partial charge in [0.05, 0.1) is 24.1 Å². The Bertz CT molecular complexity index is 1200. The van der Waals surface area contributed by atoms with E-state index in [-0.39, 0.29) is 11.3 Å². The summed E-state index contributed by atoms with van der Waals surface area (Å²) in [5, 5.41) is 0. The molecule has 0 saturated carbocycles. The second kappa shape index (κ2) is 7.70. The molecule has 0 bridgehead atoms. The van der Waals surface area contributed by atoms with Crippen molar-refractivity contribution in [3.8, 4) is 22.9 Å². The van der Waals surface area contributed by atoms with Gasteiger partial charge in [-0.05, 0) is 30.3 Å². The van der Waals surface area contributed by atoms with Crippen LogP contribution in [0.3, 0.4) is 0 Å². The van der Waals surface area contributed by atoms with Gasteiger partial charge in [-0.15, -0.1) is 0 Å². The molecule has 0 N–H and O–H groups in total. The van der Waals surface area contributed by atoms with Crippen LogP contribution in [-0.2, 0) is 25.7 Å². The molecule has 0 radical (unpaired) electrons. The Labute approximate surface area is 176 Å². The van der Waals surface area contributed by atoms with Gasteiger partial charge in [0, 0.05) is 36.8 Å². The van der Waals surface area contributed by atoms with E-state index >= 15 is 0 Å². The summed E-state index contributed by atoms with van der Waals surface area (Å²) in [6.45, 7) is 1.90. The van der Waals surface area contributed by atoms with Crippen LogP contribution in [0, 0.1) is 0 Å². The summed E-state index contributed by atoms with van der Waals surface area (Å²) in [4.78, 5) is 11.2. The lowest BCUT2D eigenvalue weighted by atomic mass is 10.1. The fourth-order valence-corrected chi connectivity index (χ4v) is 3.81. The van der Waals surface area contributed by atoms with Crippen molar-refractivity contribution in [3.63, 3.8) is 0 Å². The topological polar surface area (TPSA) is 55.3 Å². The number of alkyl halides is 3. The molecular formula is C23H18F3N3O2. The minimum absolute atomic E-state index is 0.0455. The van der Waals surface area contributed by atoms with Crippen molar-refractivity contribution in [2.45, 2.75) is 25.7 Å². The third-order valence-electron chi connectivity index (χ3n) is 5.29. The lowest BCUT2D eigenvalue weighted by Crippen LogP contribution is -2.30. The van der Waals surface area contributed by atoms with Gasteiger partial charge in [0.25, 0.3) is 0 Å². The van der Waals surface area contributed by atoms with Crippen molar-refractivity contribution in [1.29, 1.82) is 0 Å². The number of nitrogens with zero attached hydrogens (tertiary/aromatic N) is 3. The molecule has 0 unspecified atom stereocenters. The monoisotopic (exact) mass is 425 g/mol. The van der Waals surface area contributed by atoms with E-state index in [1.54, 1.807) is 36.7 Å². The first-order valence-corrected chi connectivity index (χ1v) is 9.84. The van der Waals surface area contributed by atoms with Gasteiger partial charge in [-0.2, -0.15) is 13.2 Å². The molecular weight excluding hydrogens is 407 g/mol. The Morgan fingerprint density at radius 2 is 1.87 bits per heavy atom. The molecule has 4 aromatic rings. The van der Waals surface area contributed by atoms with E-state index in [9.17, 15) is 13.2 Å². The Morgan fingerprint density at radius 1 is 1.00 bits per heavy atom. The molecule has 0 amide bonds. The predicted molar refractivity (Wildman–Crippen MR) is 107 cm³/mol. The van der Waals surface area contributed by atoms with Crippen molar-refractivity contribution in [1.82, 2.24) is 14.9 Å². The Kier molecular flexibility index (Phi) is 4.86. The number of hydrogen-bond donors (Lipinski definition) is 0. The Hall–Kier alpha value is -3.39. The van der Waals surface area contributed by atoms with E-state index in [2.05, 4.69) is 14.9 Å². The van der Waals surface area contributed by atoms with Crippen LogP contribution >= 0.6 is 0 Å². The molecule has 0 aliphatic carbocycles. The normalized spacial score (nSPS) is 14.5. The Balaban J connectivity index is 1.31. The molecule has 5 rings (SSSR count). The quantitative estimate of drug-likeness (QED) is 0.428. The highest BCUT2D eigenvalue weighted by atomic mass is 19.4. The molecule has 0 fully saturated rings. The summed E-state index contributed by atoms with van der Waals surface area (Å²) in [5.74, 6) is 2.03. The molecule has 0 saturated heterocycles. The first-order chi connectivity index (χ1) is 15.0. The molecule has 0 atom stereocenters. The van der Waals surface area contributed by atoms with Crippen molar-refractivity contribution in [2.24, 2.45) is 0 Å². The van der Waals surface area contributed by atoms with Gasteiger partial charge in [0.1, 0.15) is 11.5 Å². The summed E-state index contributed by atoms with van der Waals surface area (Å²) >= 11 is 0. The van der Waals surface area contributed by atoms with Crippen LogP contribution in [-0.4, -0.2) is 21.4 Å². The molecule has 158 valence electrons. The highest BCUT2D eigenvalue weighted by Gasteiger charge is 2.34. The van der Waals surface area contributed by atoms with Crippen LogP contribution in [0.5, 0.6) is 0 Å². The highest BCUT2D eigenvalue weighted by Crippen LogP contribution is 2.37. The van der Waals surface area contributed by atoms with Crippen LogP contribution in [0.15, 0.2) is 69.8 Å². The first-order valence-electron chi connectivity index (χ1n) is 9.84. The predicted octanol–water partition coefficient (Wildman–Crippen LogP) is 5.57. The maximum Gasteiger partial charge on any atom is 0.417 e. The number of rotatable bonds is 4. The summed E-state index contributed by atoms with van der Waals surface area (Å²) in [6.07, 6.45) is -0.297. The van der Waals surface area contributed by atoms with Crippen LogP contribution in [0.2, 0.25) is 0 Å². The summed E-state index contributed by atoms with van der Waals surface area (Å²) < 4.78 is 51.1. The van der Waals surface area contributed by atoms with Crippen molar-refractivity contribution < 1.29 is 22.0 Å². The zero-order valence-corrected chi connectivity index (χ0v) is 16.4. The highest BCUT2D eigenvalue weighted by molar-refractivity contribution is 5.63. The zero-order chi connectivity index (χ0) is 21.4. The van der Waals surface area contributed by atoms with Crippen molar-refractivity contribution >= 4 is 0 Å². The first kappa shape index (κ1) is 19.6. The fourth-order valence-electron chi connectivity index (χ4n) is 3.81. The van der Waals surface area contributed by atoms with Gasteiger partial charge in [-0.3, -0.25) is 4.90 Å². The molecule has 0 spiro atoms. The average molecular weight is 425 g/mol. The van der Waals surface area contributed by atoms with Crippen molar-refractivity contribution in [2.75, 3.05) is 6.54 Å². The van der Waals surface area contributed by atoms with Crippen LogP contribution < -0.4 is 0 Å². The van der Waals surface area contributed by atoms with Gasteiger partial charge in [-0.25, -0.2) is 9.97 Å². The lowest BCUT2D eigenvalue weighted by Gasteiger charge is -2.27. The number of aromatic nitrogens is 2. The van der Waals surface area contributed by atoms with E-state index in [0.717, 1.165) is 30.3 Å². The molecule has 1 aromatic carbocycles. The smallest absolute Gasteiger partial charge is 0.417 e. The van der Waals surface area contributed by atoms with Crippen LogP contribution in [0.1, 0.15) is 22.6 Å². The van der Waals surface area contributed by atoms with E-state index in [1.807, 2.05) is 6.07 Å². The zero-order valence-electron chi connectivity index (χ0n) is 16.4. The second-order valence-electron chi connectivity index (χ2n) is 7.41. The second-order valence-corrected chi connectivity index (χ2v) is 7.41. The number of benzene rings is 1. The number of furan rings is 2. The van der Waals surface area contributed by atoms with Gasteiger partial charge in [-0.1, -0.05) is 18.2 Å². The summed E-state index contributed by atoms with van der Waals surface area (Å²) in [7, 11) is 0. The van der Waals surface area contributed by atoms with Crippen LogP contribution in [0.4, 0.5) is 13.2 Å². The maximum atomic E-state index is 13.3. The van der Waals surface area contributed by atoms with Gasteiger partial charge < -0.3 is 8.83 Å². The largest absolute Gasteiger partial charge is 0.461 e. The number of fused-ring (bicyclic) bond motifs is 1. The number of halogens is 3. The molecule has 8 heteroatoms. The molecule has 31 heavy (non-hydrogen) atoms. The van der Waals surface area contributed by atoms with E-state index in [1.165, 1.54) is 12.1 Å². The summed E-state index contributed by atoms with van der Waals surface area (Å²) in [6, 6.07) is 12.4. The van der Waals surface area contributed by atoms with Gasteiger partial charge in [0.15, 0.2) is 11.6 Å². The average Bonchev–Trinajstić information content (AvgIpc) is 3.45. The molecule has 1 aliphatic heterocycles. The van der Waals surface area contributed by atoms with Gasteiger partial charge in [0.2, 0.25) is 0 Å². The van der Waals surface area contributed by atoms with Gasteiger partial charge >= 0.3 is 6.18 Å². The SMILES string of the molecule is FC(F)(F)c1ccccc1-c1ccc(CN2CCc3nc(-c4ccco4)ncc3C2)o1.